The second-order valence-electron chi connectivity index (χ2n) is 5.04. The Hall–Kier alpha value is -0.530. The number of carbonyl (C=O) groups is 1. The van der Waals surface area contributed by atoms with Gasteiger partial charge in [-0.3, -0.25) is 4.79 Å². The van der Waals surface area contributed by atoms with Gasteiger partial charge in [0.15, 0.2) is 0 Å². The lowest BCUT2D eigenvalue weighted by atomic mass is 9.94. The van der Waals surface area contributed by atoms with E-state index in [4.69, 9.17) is 0 Å². The van der Waals surface area contributed by atoms with Crippen molar-refractivity contribution in [1.82, 2.24) is 4.90 Å². The summed E-state index contributed by atoms with van der Waals surface area (Å²) in [6.45, 7) is 9.87. The molecular formula is C11H21NO. The first-order valence-electron chi connectivity index (χ1n) is 5.24. The average molecular weight is 183 g/mol. The lowest BCUT2D eigenvalue weighted by molar-refractivity contribution is -0.139. The Morgan fingerprint density at radius 1 is 1.38 bits per heavy atom. The highest BCUT2D eigenvalue weighted by Gasteiger charge is 2.31. The normalized spacial score (nSPS) is 17.2. The van der Waals surface area contributed by atoms with Crippen molar-refractivity contribution < 1.29 is 4.79 Å². The van der Waals surface area contributed by atoms with E-state index in [9.17, 15) is 4.79 Å². The highest BCUT2D eigenvalue weighted by Crippen LogP contribution is 2.30. The predicted molar refractivity (Wildman–Crippen MR) is 54.4 cm³/mol. The van der Waals surface area contributed by atoms with Crippen LogP contribution in [0.3, 0.4) is 0 Å². The molecule has 1 rings (SSSR count). The lowest BCUT2D eigenvalue weighted by Crippen LogP contribution is -2.40. The first-order chi connectivity index (χ1) is 5.95. The highest BCUT2D eigenvalue weighted by molar-refractivity contribution is 5.81. The van der Waals surface area contributed by atoms with Crippen molar-refractivity contribution in [2.45, 2.75) is 40.5 Å². The molecule has 0 spiro atoms. The Bertz CT molecular complexity index is 189. The molecule has 1 aliphatic rings. The van der Waals surface area contributed by atoms with Crippen LogP contribution in [0.4, 0.5) is 0 Å². The van der Waals surface area contributed by atoms with Gasteiger partial charge in [0.25, 0.3) is 0 Å². The van der Waals surface area contributed by atoms with Crippen molar-refractivity contribution in [2.24, 2.45) is 11.3 Å². The zero-order valence-corrected chi connectivity index (χ0v) is 9.26. The fourth-order valence-electron chi connectivity index (χ4n) is 1.44. The zero-order chi connectivity index (χ0) is 10.1. The van der Waals surface area contributed by atoms with Crippen molar-refractivity contribution in [3.63, 3.8) is 0 Å². The van der Waals surface area contributed by atoms with Crippen molar-refractivity contribution >= 4 is 5.91 Å². The molecule has 1 amide bonds. The Morgan fingerprint density at radius 3 is 2.23 bits per heavy atom. The number of hydrogen-bond donors (Lipinski definition) is 0. The second-order valence-corrected chi connectivity index (χ2v) is 5.04. The fraction of sp³-hybridized carbons (Fsp3) is 0.909. The summed E-state index contributed by atoms with van der Waals surface area (Å²) in [4.78, 5) is 13.9. The first kappa shape index (κ1) is 10.6. The summed E-state index contributed by atoms with van der Waals surface area (Å²) in [7, 11) is 0. The van der Waals surface area contributed by atoms with Crippen molar-refractivity contribution in [3.05, 3.63) is 0 Å². The van der Waals surface area contributed by atoms with Crippen LogP contribution in [-0.4, -0.2) is 23.9 Å². The van der Waals surface area contributed by atoms with Crippen LogP contribution in [0.1, 0.15) is 40.5 Å². The van der Waals surface area contributed by atoms with Crippen LogP contribution in [0.2, 0.25) is 0 Å². The van der Waals surface area contributed by atoms with Crippen LogP contribution in [0.15, 0.2) is 0 Å². The van der Waals surface area contributed by atoms with Crippen molar-refractivity contribution in [3.8, 4) is 0 Å². The van der Waals surface area contributed by atoms with E-state index in [1.165, 1.54) is 12.8 Å². The molecule has 0 bridgehead atoms. The van der Waals surface area contributed by atoms with E-state index >= 15 is 0 Å². The van der Waals surface area contributed by atoms with Crippen molar-refractivity contribution in [1.29, 1.82) is 0 Å². The fourth-order valence-corrected chi connectivity index (χ4v) is 1.44. The number of carbonyl (C=O) groups excluding carboxylic acids is 1. The molecule has 1 aliphatic carbocycles. The minimum Gasteiger partial charge on any atom is -0.342 e. The summed E-state index contributed by atoms with van der Waals surface area (Å²) in [6.07, 6.45) is 2.63. The Kier molecular flexibility index (Phi) is 2.99. The SMILES string of the molecule is CCN(CC1CC1)C(=O)C(C)(C)C. The third-order valence-electron chi connectivity index (χ3n) is 2.49. The summed E-state index contributed by atoms with van der Waals surface area (Å²) in [5.74, 6) is 1.09. The number of nitrogens with zero attached hydrogens (tertiary/aromatic N) is 1. The molecule has 0 heterocycles. The van der Waals surface area contributed by atoms with Gasteiger partial charge in [-0.2, -0.15) is 0 Å². The zero-order valence-electron chi connectivity index (χ0n) is 9.26. The molecule has 0 radical (unpaired) electrons. The molecule has 0 saturated heterocycles. The molecule has 1 fully saturated rings. The maximum Gasteiger partial charge on any atom is 0.227 e. The molecule has 1 saturated carbocycles. The maximum absolute atomic E-state index is 11.9. The van der Waals surface area contributed by atoms with Crippen LogP contribution in [0.25, 0.3) is 0 Å². The van der Waals surface area contributed by atoms with E-state index in [1.807, 2.05) is 25.7 Å². The molecule has 0 atom stereocenters. The van der Waals surface area contributed by atoms with Gasteiger partial charge in [0.05, 0.1) is 0 Å². The molecule has 0 aromatic carbocycles. The van der Waals surface area contributed by atoms with Gasteiger partial charge in [-0.05, 0) is 25.7 Å². The summed E-state index contributed by atoms with van der Waals surface area (Å²) in [5, 5.41) is 0. The standard InChI is InChI=1S/C11H21NO/c1-5-12(8-9-6-7-9)10(13)11(2,3)4/h9H,5-8H2,1-4H3. The van der Waals surface area contributed by atoms with E-state index in [2.05, 4.69) is 6.92 Å². The quantitative estimate of drug-likeness (QED) is 0.657. The third-order valence-corrected chi connectivity index (χ3v) is 2.49. The van der Waals surface area contributed by atoms with Gasteiger partial charge in [-0.1, -0.05) is 20.8 Å². The molecule has 2 nitrogen and oxygen atoms in total. The largest absolute Gasteiger partial charge is 0.342 e. The third kappa shape index (κ3) is 3.02. The maximum atomic E-state index is 11.9. The van der Waals surface area contributed by atoms with Gasteiger partial charge >= 0.3 is 0 Å². The molecule has 0 N–H and O–H groups in total. The average Bonchev–Trinajstić information content (AvgIpc) is 2.80. The smallest absolute Gasteiger partial charge is 0.227 e. The lowest BCUT2D eigenvalue weighted by Gasteiger charge is -2.28. The van der Waals surface area contributed by atoms with E-state index in [1.54, 1.807) is 0 Å². The van der Waals surface area contributed by atoms with Crippen LogP contribution >= 0.6 is 0 Å². The van der Waals surface area contributed by atoms with Crippen molar-refractivity contribution in [2.75, 3.05) is 13.1 Å². The Balaban J connectivity index is 2.48. The van der Waals surface area contributed by atoms with Crippen LogP contribution in [0, 0.1) is 11.3 Å². The molecule has 13 heavy (non-hydrogen) atoms. The Labute approximate surface area is 81.3 Å². The van der Waals surface area contributed by atoms with Gasteiger partial charge in [0, 0.05) is 18.5 Å². The van der Waals surface area contributed by atoms with E-state index in [0.29, 0.717) is 5.91 Å². The van der Waals surface area contributed by atoms with Gasteiger partial charge in [-0.15, -0.1) is 0 Å². The summed E-state index contributed by atoms with van der Waals surface area (Å²) >= 11 is 0. The Morgan fingerprint density at radius 2 is 1.92 bits per heavy atom. The first-order valence-corrected chi connectivity index (χ1v) is 5.24. The summed E-state index contributed by atoms with van der Waals surface area (Å²) < 4.78 is 0. The molecule has 76 valence electrons. The molecule has 0 aliphatic heterocycles. The molecule has 0 aromatic heterocycles. The van der Waals surface area contributed by atoms with E-state index in [0.717, 1.165) is 19.0 Å². The molecule has 0 unspecified atom stereocenters. The van der Waals surface area contributed by atoms with Crippen LogP contribution in [-0.2, 0) is 4.79 Å². The highest BCUT2D eigenvalue weighted by atomic mass is 16.2. The summed E-state index contributed by atoms with van der Waals surface area (Å²) in [6, 6.07) is 0. The van der Waals surface area contributed by atoms with E-state index < -0.39 is 0 Å². The van der Waals surface area contributed by atoms with Gasteiger partial charge in [-0.25, -0.2) is 0 Å². The molecular weight excluding hydrogens is 162 g/mol. The van der Waals surface area contributed by atoms with Crippen LogP contribution < -0.4 is 0 Å². The molecule has 2 heteroatoms. The number of rotatable bonds is 3. The number of amides is 1. The second kappa shape index (κ2) is 3.69. The minimum absolute atomic E-state index is 0.217. The monoisotopic (exact) mass is 183 g/mol. The number of hydrogen-bond acceptors (Lipinski definition) is 1. The minimum atomic E-state index is -0.217. The summed E-state index contributed by atoms with van der Waals surface area (Å²) in [5.41, 5.74) is -0.217. The van der Waals surface area contributed by atoms with Gasteiger partial charge < -0.3 is 4.90 Å². The topological polar surface area (TPSA) is 20.3 Å². The van der Waals surface area contributed by atoms with Crippen LogP contribution in [0.5, 0.6) is 0 Å². The van der Waals surface area contributed by atoms with Gasteiger partial charge in [0.2, 0.25) is 5.91 Å². The van der Waals surface area contributed by atoms with E-state index in [-0.39, 0.29) is 5.41 Å². The predicted octanol–water partition coefficient (Wildman–Crippen LogP) is 2.29. The van der Waals surface area contributed by atoms with Gasteiger partial charge in [0.1, 0.15) is 0 Å². The molecule has 0 aromatic rings.